The maximum atomic E-state index is 13.9. The minimum Gasteiger partial charge on any atom is -0.370 e. The largest absolute Gasteiger partial charge is 0.370 e. The lowest BCUT2D eigenvalue weighted by molar-refractivity contribution is -0.126. The zero-order chi connectivity index (χ0) is 20.6. The number of halogens is 2. The van der Waals surface area contributed by atoms with Gasteiger partial charge in [0.2, 0.25) is 17.2 Å². The minimum atomic E-state index is -1.23. The highest BCUT2D eigenvalue weighted by Gasteiger charge is 2.29. The highest BCUT2D eigenvalue weighted by Crippen LogP contribution is 2.37. The Balaban J connectivity index is 2.07. The van der Waals surface area contributed by atoms with Crippen LogP contribution in [0.1, 0.15) is 35.7 Å². The Morgan fingerprint density at radius 1 is 1.36 bits per heavy atom. The summed E-state index contributed by atoms with van der Waals surface area (Å²) in [5.41, 5.74) is 4.58. The van der Waals surface area contributed by atoms with E-state index in [0.717, 1.165) is 18.9 Å². The molecule has 1 aliphatic carbocycles. The van der Waals surface area contributed by atoms with Crippen molar-refractivity contribution >= 4 is 40.2 Å². The van der Waals surface area contributed by atoms with Crippen LogP contribution in [0.3, 0.4) is 0 Å². The summed E-state index contributed by atoms with van der Waals surface area (Å²) in [7, 11) is 1.34. The molecule has 8 nitrogen and oxygen atoms in total. The molecule has 0 radical (unpaired) electrons. The molecule has 1 fully saturated rings. The first-order chi connectivity index (χ1) is 13.2. The van der Waals surface area contributed by atoms with Crippen molar-refractivity contribution in [3.05, 3.63) is 45.0 Å². The number of primary amides is 1. The van der Waals surface area contributed by atoms with Crippen LogP contribution in [0.5, 0.6) is 0 Å². The van der Waals surface area contributed by atoms with Gasteiger partial charge < -0.3 is 20.9 Å². The zero-order valence-electron chi connectivity index (χ0n) is 14.9. The molecular weight excluding hydrogens is 391 g/mol. The van der Waals surface area contributed by atoms with Crippen molar-refractivity contribution in [2.24, 2.45) is 5.73 Å². The molecule has 10 heteroatoms. The number of rotatable bonds is 6. The van der Waals surface area contributed by atoms with Crippen LogP contribution < -0.4 is 21.8 Å². The number of benzene rings is 1. The van der Waals surface area contributed by atoms with Crippen molar-refractivity contribution in [2.45, 2.75) is 31.3 Å². The smallest absolute Gasteiger partial charge is 0.257 e. The lowest BCUT2D eigenvalue weighted by atomic mass is 10.1. The van der Waals surface area contributed by atoms with Crippen molar-refractivity contribution in [3.8, 4) is 0 Å². The van der Waals surface area contributed by atoms with Gasteiger partial charge >= 0.3 is 0 Å². The average molecular weight is 409 g/mol. The average Bonchev–Trinajstić information content (AvgIpc) is 3.47. The van der Waals surface area contributed by atoms with Crippen LogP contribution in [0.15, 0.2) is 23.1 Å². The topological polar surface area (TPSA) is 123 Å². The summed E-state index contributed by atoms with van der Waals surface area (Å²) < 4.78 is 15.6. The van der Waals surface area contributed by atoms with Gasteiger partial charge in [-0.1, -0.05) is 11.6 Å². The molecule has 1 heterocycles. The Morgan fingerprint density at radius 3 is 2.61 bits per heavy atom. The number of amides is 3. The summed E-state index contributed by atoms with van der Waals surface area (Å²) in [6, 6.07) is 1.18. The van der Waals surface area contributed by atoms with Gasteiger partial charge in [-0.15, -0.1) is 0 Å². The number of nitrogens with one attached hydrogen (secondary N) is 2. The van der Waals surface area contributed by atoms with Gasteiger partial charge in [0.05, 0.1) is 17.0 Å². The van der Waals surface area contributed by atoms with Gasteiger partial charge in [-0.25, -0.2) is 4.39 Å². The summed E-state index contributed by atoms with van der Waals surface area (Å²) in [5.74, 6) is -3.05. The molecule has 1 atom stereocenters. The van der Waals surface area contributed by atoms with Crippen LogP contribution in [-0.4, -0.2) is 35.4 Å². The van der Waals surface area contributed by atoms with E-state index in [0.29, 0.717) is 5.52 Å². The first kappa shape index (κ1) is 19.8. The maximum Gasteiger partial charge on any atom is 0.257 e. The molecule has 3 rings (SSSR count). The first-order valence-electron chi connectivity index (χ1n) is 8.57. The lowest BCUT2D eigenvalue weighted by Gasteiger charge is -2.17. The summed E-state index contributed by atoms with van der Waals surface area (Å²) in [5, 5.41) is 4.55. The van der Waals surface area contributed by atoms with Gasteiger partial charge in [-0.3, -0.25) is 19.2 Å². The molecule has 1 aromatic heterocycles. The Morgan fingerprint density at radius 2 is 2.04 bits per heavy atom. The van der Waals surface area contributed by atoms with E-state index in [4.69, 9.17) is 17.3 Å². The third kappa shape index (κ3) is 3.84. The van der Waals surface area contributed by atoms with E-state index in [1.54, 1.807) is 4.57 Å². The number of nitrogens with two attached hydrogens (primary N) is 1. The van der Waals surface area contributed by atoms with Gasteiger partial charge in [0.1, 0.15) is 17.4 Å². The van der Waals surface area contributed by atoms with Gasteiger partial charge in [-0.05, 0) is 25.0 Å². The number of carbonyl (C=O) groups excluding carboxylic acids is 3. The monoisotopic (exact) mass is 408 g/mol. The number of carbonyl (C=O) groups is 3. The van der Waals surface area contributed by atoms with Gasteiger partial charge in [0.15, 0.2) is 0 Å². The van der Waals surface area contributed by atoms with Crippen LogP contribution in [-0.2, 0) is 9.59 Å². The van der Waals surface area contributed by atoms with Crippen molar-refractivity contribution in [1.29, 1.82) is 0 Å². The molecule has 1 aromatic carbocycles. The molecule has 28 heavy (non-hydrogen) atoms. The predicted molar refractivity (Wildman–Crippen MR) is 101 cm³/mol. The van der Waals surface area contributed by atoms with E-state index in [2.05, 4.69) is 10.6 Å². The molecular formula is C18H18ClFN4O4. The van der Waals surface area contributed by atoms with E-state index in [1.165, 1.54) is 19.3 Å². The second-order valence-corrected chi connectivity index (χ2v) is 7.01. The number of likely N-dealkylation sites (N-methyl/N-ethyl adjacent to an activating group) is 1. The fraction of sp³-hybridized carbons (Fsp3) is 0.333. The van der Waals surface area contributed by atoms with E-state index < -0.39 is 41.4 Å². The van der Waals surface area contributed by atoms with Crippen LogP contribution in [0.4, 0.5) is 4.39 Å². The SMILES string of the molecule is CNC(=O)[C@H](CC(N)=O)NC(=O)c1cn(C2CC2)c2cc(Cl)c(F)cc2c1=O. The summed E-state index contributed by atoms with van der Waals surface area (Å²) >= 11 is 5.85. The number of aromatic nitrogens is 1. The predicted octanol–water partition coefficient (Wildman–Crippen LogP) is 0.849. The molecule has 2 aromatic rings. The Labute approximate surface area is 163 Å². The van der Waals surface area contributed by atoms with E-state index >= 15 is 0 Å². The number of nitrogens with zero attached hydrogens (tertiary/aromatic N) is 1. The summed E-state index contributed by atoms with van der Waals surface area (Å²) in [6.07, 6.45) is 2.63. The van der Waals surface area contributed by atoms with Crippen LogP contribution in [0.25, 0.3) is 10.9 Å². The Hall–Kier alpha value is -2.94. The van der Waals surface area contributed by atoms with Crippen molar-refractivity contribution in [3.63, 3.8) is 0 Å². The van der Waals surface area contributed by atoms with Crippen LogP contribution in [0.2, 0.25) is 5.02 Å². The molecule has 0 aliphatic heterocycles. The van der Waals surface area contributed by atoms with Gasteiger partial charge in [0, 0.05) is 24.7 Å². The van der Waals surface area contributed by atoms with Crippen molar-refractivity contribution < 1.29 is 18.8 Å². The number of hydrogen-bond acceptors (Lipinski definition) is 4. The molecule has 4 N–H and O–H groups in total. The quantitative estimate of drug-likeness (QED) is 0.655. The fourth-order valence-corrected chi connectivity index (χ4v) is 3.14. The Bertz CT molecular complexity index is 1050. The molecule has 0 unspecified atom stereocenters. The minimum absolute atomic E-state index is 0.00726. The molecule has 0 bridgehead atoms. The maximum absolute atomic E-state index is 13.9. The third-order valence-electron chi connectivity index (χ3n) is 4.53. The molecule has 148 valence electrons. The van der Waals surface area contributed by atoms with E-state index in [-0.39, 0.29) is 22.0 Å². The molecule has 0 saturated heterocycles. The van der Waals surface area contributed by atoms with Crippen LogP contribution >= 0.6 is 11.6 Å². The van der Waals surface area contributed by atoms with Gasteiger partial charge in [-0.2, -0.15) is 0 Å². The number of fused-ring (bicyclic) bond motifs is 1. The number of pyridine rings is 1. The van der Waals surface area contributed by atoms with Crippen LogP contribution in [0, 0.1) is 5.82 Å². The molecule has 0 spiro atoms. The molecule has 1 saturated carbocycles. The normalized spacial score (nSPS) is 14.5. The second kappa shape index (κ2) is 7.59. The molecule has 1 aliphatic rings. The van der Waals surface area contributed by atoms with Gasteiger partial charge in [0.25, 0.3) is 5.91 Å². The van der Waals surface area contributed by atoms with Crippen molar-refractivity contribution in [1.82, 2.24) is 15.2 Å². The first-order valence-corrected chi connectivity index (χ1v) is 8.95. The summed E-state index contributed by atoms with van der Waals surface area (Å²) in [6.45, 7) is 0. The van der Waals surface area contributed by atoms with E-state index in [1.807, 2.05) is 0 Å². The summed E-state index contributed by atoms with van der Waals surface area (Å²) in [4.78, 5) is 48.6. The lowest BCUT2D eigenvalue weighted by Crippen LogP contribution is -2.48. The van der Waals surface area contributed by atoms with E-state index in [9.17, 15) is 23.6 Å². The highest BCUT2D eigenvalue weighted by molar-refractivity contribution is 6.31. The fourth-order valence-electron chi connectivity index (χ4n) is 2.98. The second-order valence-electron chi connectivity index (χ2n) is 6.60. The standard InChI is InChI=1S/C18H18ClFN4O4/c1-22-18(28)13(6-15(21)25)23-17(27)10-7-24(8-2-3-8)14-5-11(19)12(20)4-9(14)16(10)26/h4-5,7-8,13H,2-3,6H2,1H3,(H2,21,25)(H,22,28)(H,23,27)/t13-/m0/s1. The highest BCUT2D eigenvalue weighted by atomic mass is 35.5. The molecule has 3 amide bonds. The Kier molecular flexibility index (Phi) is 5.37. The zero-order valence-corrected chi connectivity index (χ0v) is 15.7. The third-order valence-corrected chi connectivity index (χ3v) is 4.82. The van der Waals surface area contributed by atoms with Crippen molar-refractivity contribution in [2.75, 3.05) is 7.05 Å². The number of hydrogen-bond donors (Lipinski definition) is 3.